The number of unbranched alkanes of at least 4 members (excludes halogenated alkanes) is 3. The van der Waals surface area contributed by atoms with Crippen molar-refractivity contribution in [2.75, 3.05) is 18.6 Å². The third-order valence-electron chi connectivity index (χ3n) is 5.46. The Morgan fingerprint density at radius 2 is 1.93 bits per heavy atom. The summed E-state index contributed by atoms with van der Waals surface area (Å²) in [5.41, 5.74) is 2.28. The molecule has 6 heteroatoms. The van der Waals surface area contributed by atoms with Gasteiger partial charge in [0.25, 0.3) is 0 Å². The first kappa shape index (κ1) is 22.5. The molecule has 0 N–H and O–H groups in total. The summed E-state index contributed by atoms with van der Waals surface area (Å²) in [6.45, 7) is 3.13. The van der Waals surface area contributed by atoms with Crippen molar-refractivity contribution in [3.8, 4) is 0 Å². The topological polar surface area (TPSA) is 55.8 Å². The Balaban J connectivity index is 1.52. The minimum atomic E-state index is -0.326. The van der Waals surface area contributed by atoms with E-state index in [0.717, 1.165) is 23.4 Å². The van der Waals surface area contributed by atoms with E-state index in [1.165, 1.54) is 49.7 Å². The van der Waals surface area contributed by atoms with E-state index >= 15 is 0 Å². The van der Waals surface area contributed by atoms with Gasteiger partial charge in [-0.1, -0.05) is 38.3 Å². The van der Waals surface area contributed by atoms with Crippen LogP contribution in [0.1, 0.15) is 65.6 Å². The maximum atomic E-state index is 12.5. The van der Waals surface area contributed by atoms with Crippen LogP contribution in [0.2, 0.25) is 0 Å². The van der Waals surface area contributed by atoms with Crippen molar-refractivity contribution in [1.29, 1.82) is 0 Å². The largest absolute Gasteiger partial charge is 0.465 e. The molecule has 3 rings (SSSR count). The number of thiophene rings is 1. The van der Waals surface area contributed by atoms with E-state index in [-0.39, 0.29) is 17.9 Å². The molecule has 1 saturated heterocycles. The Bertz CT molecular complexity index is 830. The van der Waals surface area contributed by atoms with Crippen LogP contribution in [0.15, 0.2) is 36.4 Å². The van der Waals surface area contributed by atoms with E-state index in [4.69, 9.17) is 9.47 Å². The highest BCUT2D eigenvalue weighted by Gasteiger charge is 2.32. The summed E-state index contributed by atoms with van der Waals surface area (Å²) in [5.74, 6) is -0.170. The zero-order chi connectivity index (χ0) is 21.3. The van der Waals surface area contributed by atoms with Gasteiger partial charge >= 0.3 is 5.97 Å². The third kappa shape index (κ3) is 5.92. The average Bonchev–Trinajstić information content (AvgIpc) is 3.38. The van der Waals surface area contributed by atoms with Crippen LogP contribution < -0.4 is 4.90 Å². The van der Waals surface area contributed by atoms with Crippen molar-refractivity contribution in [3.05, 3.63) is 51.7 Å². The lowest BCUT2D eigenvalue weighted by Crippen LogP contribution is -2.36. The van der Waals surface area contributed by atoms with Gasteiger partial charge in [-0.25, -0.2) is 4.79 Å². The van der Waals surface area contributed by atoms with E-state index in [2.05, 4.69) is 31.2 Å². The highest BCUT2D eigenvalue weighted by Crippen LogP contribution is 2.28. The summed E-state index contributed by atoms with van der Waals surface area (Å²) in [6.07, 6.45) is 7.47. The number of amides is 1. The Labute approximate surface area is 183 Å². The molecule has 0 spiro atoms. The zero-order valence-corrected chi connectivity index (χ0v) is 18.7. The number of hydrogen-bond donors (Lipinski definition) is 0. The van der Waals surface area contributed by atoms with Crippen molar-refractivity contribution in [2.45, 2.75) is 64.5 Å². The molecule has 30 heavy (non-hydrogen) atoms. The van der Waals surface area contributed by atoms with Gasteiger partial charge in [0.15, 0.2) is 0 Å². The summed E-state index contributed by atoms with van der Waals surface area (Å²) in [4.78, 5) is 27.5. The molecule has 1 aliphatic rings. The molecule has 1 unspecified atom stereocenters. The fourth-order valence-corrected chi connectivity index (χ4v) is 4.66. The second-order valence-electron chi connectivity index (χ2n) is 7.71. The number of nitrogens with zero attached hydrogens (tertiary/aromatic N) is 1. The lowest BCUT2D eigenvalue weighted by atomic mass is 10.1. The number of rotatable bonds is 11. The van der Waals surface area contributed by atoms with E-state index in [1.54, 1.807) is 6.07 Å². The number of benzene rings is 1. The van der Waals surface area contributed by atoms with Gasteiger partial charge in [-0.2, -0.15) is 0 Å². The van der Waals surface area contributed by atoms with Gasteiger partial charge < -0.3 is 14.4 Å². The summed E-state index contributed by atoms with van der Waals surface area (Å²) in [6, 6.07) is 12.1. The first-order valence-corrected chi connectivity index (χ1v) is 11.6. The van der Waals surface area contributed by atoms with Crippen LogP contribution in [0.4, 0.5) is 5.69 Å². The van der Waals surface area contributed by atoms with Crippen LogP contribution in [0.3, 0.4) is 0 Å². The molecule has 0 bridgehead atoms. The third-order valence-corrected chi connectivity index (χ3v) is 6.50. The van der Waals surface area contributed by atoms with E-state index in [0.29, 0.717) is 24.5 Å². The number of ether oxygens (including phenoxy) is 2. The SMILES string of the molecule is CCCCCCc1ccc(N2C(=O)CCC2COCc2ccc(C(=O)OC)s2)cc1. The van der Waals surface area contributed by atoms with Gasteiger partial charge in [-0.15, -0.1) is 11.3 Å². The normalized spacial score (nSPS) is 16.3. The Morgan fingerprint density at radius 1 is 1.13 bits per heavy atom. The van der Waals surface area contributed by atoms with Crippen LogP contribution in [0.25, 0.3) is 0 Å². The number of anilines is 1. The zero-order valence-electron chi connectivity index (χ0n) is 17.9. The summed E-state index contributed by atoms with van der Waals surface area (Å²) >= 11 is 1.38. The highest BCUT2D eigenvalue weighted by atomic mass is 32.1. The standard InChI is InChI=1S/C24H31NO4S/c1-3-4-5-6-7-18-8-10-19(11-9-18)25-20(12-15-23(25)26)16-29-17-21-13-14-22(30-21)24(27)28-2/h8-11,13-14,20H,3-7,12,15-17H2,1-2H3. The molecule has 2 heterocycles. The number of methoxy groups -OCH3 is 1. The number of aryl methyl sites for hydroxylation is 1. The van der Waals surface area contributed by atoms with Gasteiger partial charge in [0, 0.05) is 17.0 Å². The van der Waals surface area contributed by atoms with Gasteiger partial charge in [-0.3, -0.25) is 4.79 Å². The molecule has 1 fully saturated rings. The smallest absolute Gasteiger partial charge is 0.348 e. The van der Waals surface area contributed by atoms with Crippen LogP contribution in [-0.4, -0.2) is 31.6 Å². The van der Waals surface area contributed by atoms with Crippen molar-refractivity contribution in [3.63, 3.8) is 0 Å². The minimum absolute atomic E-state index is 0.0490. The average molecular weight is 430 g/mol. The lowest BCUT2D eigenvalue weighted by molar-refractivity contribution is -0.117. The number of carbonyl (C=O) groups is 2. The Kier molecular flexibility index (Phi) is 8.46. The number of hydrogen-bond acceptors (Lipinski definition) is 5. The molecule has 2 aromatic rings. The Morgan fingerprint density at radius 3 is 2.67 bits per heavy atom. The first-order valence-electron chi connectivity index (χ1n) is 10.8. The molecule has 1 aromatic carbocycles. The molecule has 0 radical (unpaired) electrons. The van der Waals surface area contributed by atoms with Crippen molar-refractivity contribution >= 4 is 28.9 Å². The highest BCUT2D eigenvalue weighted by molar-refractivity contribution is 7.13. The Hall–Kier alpha value is -2.18. The molecule has 0 aliphatic carbocycles. The van der Waals surface area contributed by atoms with Gasteiger partial charge in [0.2, 0.25) is 5.91 Å². The molecule has 1 aliphatic heterocycles. The summed E-state index contributed by atoms with van der Waals surface area (Å²) in [7, 11) is 1.38. The molecular weight excluding hydrogens is 398 g/mol. The maximum absolute atomic E-state index is 12.5. The summed E-state index contributed by atoms with van der Waals surface area (Å²) in [5, 5.41) is 0. The second-order valence-corrected chi connectivity index (χ2v) is 8.87. The van der Waals surface area contributed by atoms with Crippen molar-refractivity contribution in [1.82, 2.24) is 0 Å². The van der Waals surface area contributed by atoms with Crippen LogP contribution >= 0.6 is 11.3 Å². The van der Waals surface area contributed by atoms with Crippen molar-refractivity contribution in [2.24, 2.45) is 0 Å². The fourth-order valence-electron chi connectivity index (χ4n) is 3.80. The monoisotopic (exact) mass is 429 g/mol. The molecule has 1 amide bonds. The van der Waals surface area contributed by atoms with Crippen LogP contribution in [-0.2, 0) is 27.3 Å². The second kappa shape index (κ2) is 11.3. The van der Waals surface area contributed by atoms with Crippen LogP contribution in [0.5, 0.6) is 0 Å². The van der Waals surface area contributed by atoms with Gasteiger partial charge in [0.05, 0.1) is 26.4 Å². The van der Waals surface area contributed by atoms with E-state index in [1.807, 2.05) is 11.0 Å². The molecular formula is C24H31NO4S. The quantitative estimate of drug-likeness (QED) is 0.356. The van der Waals surface area contributed by atoms with Gasteiger partial charge in [-0.05, 0) is 49.1 Å². The van der Waals surface area contributed by atoms with E-state index < -0.39 is 0 Å². The fraction of sp³-hybridized carbons (Fsp3) is 0.500. The molecule has 5 nitrogen and oxygen atoms in total. The van der Waals surface area contributed by atoms with Gasteiger partial charge in [0.1, 0.15) is 4.88 Å². The van der Waals surface area contributed by atoms with Crippen molar-refractivity contribution < 1.29 is 19.1 Å². The maximum Gasteiger partial charge on any atom is 0.348 e. The predicted octanol–water partition coefficient (Wildman–Crippen LogP) is 5.37. The lowest BCUT2D eigenvalue weighted by Gasteiger charge is -2.25. The first-order chi connectivity index (χ1) is 14.6. The van der Waals surface area contributed by atoms with E-state index in [9.17, 15) is 9.59 Å². The predicted molar refractivity (Wildman–Crippen MR) is 120 cm³/mol. The minimum Gasteiger partial charge on any atom is -0.465 e. The molecule has 1 aromatic heterocycles. The number of esters is 1. The molecule has 1 atom stereocenters. The van der Waals surface area contributed by atoms with Crippen LogP contribution in [0, 0.1) is 0 Å². The number of carbonyl (C=O) groups excluding carboxylic acids is 2. The molecule has 0 saturated carbocycles. The molecule has 162 valence electrons. The summed E-state index contributed by atoms with van der Waals surface area (Å²) < 4.78 is 10.6.